The number of hydrogen-bond donors (Lipinski definition) is 1. The van der Waals surface area contributed by atoms with Crippen LogP contribution in [-0.4, -0.2) is 23.1 Å². The van der Waals surface area contributed by atoms with Gasteiger partial charge < -0.3 is 10.1 Å². The van der Waals surface area contributed by atoms with Gasteiger partial charge >= 0.3 is 6.18 Å². The number of nitrogens with zero attached hydrogens (tertiary/aromatic N) is 2. The number of hydrogen-bond acceptors (Lipinski definition) is 4. The van der Waals surface area contributed by atoms with Gasteiger partial charge in [0.25, 0.3) is 0 Å². The molecule has 0 saturated carbocycles. The number of anilines is 1. The molecule has 0 fully saturated rings. The van der Waals surface area contributed by atoms with Crippen molar-refractivity contribution in [1.82, 2.24) is 9.97 Å². The van der Waals surface area contributed by atoms with Crippen LogP contribution in [0.15, 0.2) is 6.07 Å². The lowest BCUT2D eigenvalue weighted by atomic mass is 10.4. The molecule has 0 amide bonds. The summed E-state index contributed by atoms with van der Waals surface area (Å²) in [5.74, 6) is -1.09. The molecule has 1 aromatic rings. The van der Waals surface area contributed by atoms with Crippen LogP contribution >= 0.6 is 0 Å². The number of aromatic nitrogens is 2. The van der Waals surface area contributed by atoms with Crippen molar-refractivity contribution >= 4 is 5.82 Å². The molecule has 1 aromatic heterocycles. The van der Waals surface area contributed by atoms with Crippen molar-refractivity contribution in [2.45, 2.75) is 39.3 Å². The molecule has 1 rings (SSSR count). The zero-order valence-corrected chi connectivity index (χ0v) is 11.0. The van der Waals surface area contributed by atoms with Gasteiger partial charge in [-0.2, -0.15) is 18.2 Å². The minimum atomic E-state index is -4.58. The van der Waals surface area contributed by atoms with Crippen molar-refractivity contribution in [2.75, 3.05) is 18.5 Å². The highest BCUT2D eigenvalue weighted by Gasteiger charge is 2.35. The third-order valence-electron chi connectivity index (χ3n) is 2.26. The van der Waals surface area contributed by atoms with Gasteiger partial charge in [-0.05, 0) is 12.8 Å². The van der Waals surface area contributed by atoms with E-state index in [0.29, 0.717) is 13.2 Å². The van der Waals surface area contributed by atoms with Gasteiger partial charge in [-0.3, -0.25) is 0 Å². The van der Waals surface area contributed by atoms with Gasteiger partial charge in [0.1, 0.15) is 5.82 Å². The predicted molar refractivity (Wildman–Crippen MR) is 66.2 cm³/mol. The maximum Gasteiger partial charge on any atom is 0.451 e. The Morgan fingerprint density at radius 1 is 1.21 bits per heavy atom. The molecule has 4 nitrogen and oxygen atoms in total. The molecule has 0 aliphatic heterocycles. The van der Waals surface area contributed by atoms with E-state index in [1.165, 1.54) is 6.07 Å². The second-order valence-electron chi connectivity index (χ2n) is 4.04. The number of halogens is 3. The van der Waals surface area contributed by atoms with Crippen molar-refractivity contribution in [2.24, 2.45) is 0 Å². The summed E-state index contributed by atoms with van der Waals surface area (Å²) >= 11 is 0. The van der Waals surface area contributed by atoms with E-state index in [1.807, 2.05) is 13.8 Å². The van der Waals surface area contributed by atoms with Crippen molar-refractivity contribution < 1.29 is 17.9 Å². The smallest absolute Gasteiger partial charge is 0.451 e. The molecule has 0 saturated heterocycles. The zero-order chi connectivity index (χ0) is 14.3. The highest BCUT2D eigenvalue weighted by molar-refractivity contribution is 5.38. The fourth-order valence-corrected chi connectivity index (χ4v) is 1.29. The Hall–Kier alpha value is -1.53. The third-order valence-corrected chi connectivity index (χ3v) is 2.26. The Balaban J connectivity index is 2.89. The number of rotatable bonds is 7. The summed E-state index contributed by atoms with van der Waals surface area (Å²) in [4.78, 5) is 6.83. The van der Waals surface area contributed by atoms with Crippen LogP contribution in [0.3, 0.4) is 0 Å². The molecule has 0 aliphatic rings. The summed E-state index contributed by atoms with van der Waals surface area (Å²) in [6.07, 6.45) is -2.12. The molecule has 0 bridgehead atoms. The van der Waals surface area contributed by atoms with Crippen LogP contribution in [0, 0.1) is 0 Å². The molecule has 0 spiro atoms. The molecule has 1 heterocycles. The minimum Gasteiger partial charge on any atom is -0.478 e. The fourth-order valence-electron chi connectivity index (χ4n) is 1.29. The lowest BCUT2D eigenvalue weighted by molar-refractivity contribution is -0.145. The molecule has 19 heavy (non-hydrogen) atoms. The maximum absolute atomic E-state index is 12.7. The quantitative estimate of drug-likeness (QED) is 0.775. The number of unbranched alkanes of at least 4 members (excludes halogenated alkanes) is 1. The maximum atomic E-state index is 12.7. The average molecular weight is 277 g/mol. The van der Waals surface area contributed by atoms with Gasteiger partial charge in [-0.25, -0.2) is 4.98 Å². The van der Waals surface area contributed by atoms with Crippen molar-refractivity contribution in [1.29, 1.82) is 0 Å². The third kappa shape index (κ3) is 5.32. The number of alkyl halides is 3. The normalized spacial score (nSPS) is 11.4. The summed E-state index contributed by atoms with van der Waals surface area (Å²) < 4.78 is 43.2. The molecule has 0 unspecified atom stereocenters. The molecule has 0 aliphatic carbocycles. The molecule has 0 radical (unpaired) electrons. The SMILES string of the molecule is CCCCOc1cc(NCCC)nc(C(F)(F)F)n1. The van der Waals surface area contributed by atoms with E-state index in [1.54, 1.807) is 0 Å². The molecule has 108 valence electrons. The Labute approximate surface area is 110 Å². The van der Waals surface area contributed by atoms with Gasteiger partial charge in [0.15, 0.2) is 0 Å². The number of ether oxygens (including phenoxy) is 1. The lowest BCUT2D eigenvalue weighted by Gasteiger charge is -2.11. The Kier molecular flexibility index (Phi) is 5.85. The summed E-state index contributed by atoms with van der Waals surface area (Å²) in [7, 11) is 0. The van der Waals surface area contributed by atoms with Crippen molar-refractivity contribution in [3.63, 3.8) is 0 Å². The summed E-state index contributed by atoms with van der Waals surface area (Å²) in [6, 6.07) is 1.39. The van der Waals surface area contributed by atoms with Gasteiger partial charge in [0.05, 0.1) is 6.61 Å². The summed E-state index contributed by atoms with van der Waals surface area (Å²) in [5, 5.41) is 2.81. The van der Waals surface area contributed by atoms with Crippen LogP contribution in [0.4, 0.5) is 19.0 Å². The number of nitrogens with one attached hydrogen (secondary N) is 1. The second-order valence-corrected chi connectivity index (χ2v) is 4.04. The van der Waals surface area contributed by atoms with E-state index in [0.717, 1.165) is 19.3 Å². The van der Waals surface area contributed by atoms with Gasteiger partial charge in [-0.15, -0.1) is 0 Å². The largest absolute Gasteiger partial charge is 0.478 e. The first-order valence-electron chi connectivity index (χ1n) is 6.30. The Morgan fingerprint density at radius 3 is 2.53 bits per heavy atom. The minimum absolute atomic E-state index is 0.0469. The van der Waals surface area contributed by atoms with E-state index in [9.17, 15) is 13.2 Å². The first kappa shape index (κ1) is 15.5. The van der Waals surface area contributed by atoms with E-state index in [-0.39, 0.29) is 11.7 Å². The van der Waals surface area contributed by atoms with E-state index >= 15 is 0 Å². The Morgan fingerprint density at radius 2 is 1.95 bits per heavy atom. The first-order chi connectivity index (χ1) is 8.97. The molecule has 0 atom stereocenters. The van der Waals surface area contributed by atoms with Crippen LogP contribution < -0.4 is 10.1 Å². The summed E-state index contributed by atoms with van der Waals surface area (Å²) in [6.45, 7) is 4.77. The highest BCUT2D eigenvalue weighted by atomic mass is 19.4. The first-order valence-corrected chi connectivity index (χ1v) is 6.30. The molecule has 1 N–H and O–H groups in total. The molecular formula is C12H18F3N3O. The van der Waals surface area contributed by atoms with Crippen LogP contribution in [0.25, 0.3) is 0 Å². The van der Waals surface area contributed by atoms with Crippen molar-refractivity contribution in [3.05, 3.63) is 11.9 Å². The average Bonchev–Trinajstić information content (AvgIpc) is 2.35. The highest BCUT2D eigenvalue weighted by Crippen LogP contribution is 2.28. The lowest BCUT2D eigenvalue weighted by Crippen LogP contribution is -2.14. The van der Waals surface area contributed by atoms with Crippen LogP contribution in [0.5, 0.6) is 5.88 Å². The fraction of sp³-hybridized carbons (Fsp3) is 0.667. The van der Waals surface area contributed by atoms with Gasteiger partial charge in [0.2, 0.25) is 11.7 Å². The van der Waals surface area contributed by atoms with Crippen LogP contribution in [-0.2, 0) is 6.18 Å². The van der Waals surface area contributed by atoms with Gasteiger partial charge in [-0.1, -0.05) is 20.3 Å². The van der Waals surface area contributed by atoms with E-state index in [2.05, 4.69) is 15.3 Å². The molecule has 7 heteroatoms. The van der Waals surface area contributed by atoms with E-state index < -0.39 is 12.0 Å². The Bertz CT molecular complexity index is 396. The predicted octanol–water partition coefficient (Wildman–Crippen LogP) is 3.50. The van der Waals surface area contributed by atoms with Crippen LogP contribution in [0.2, 0.25) is 0 Å². The van der Waals surface area contributed by atoms with Crippen molar-refractivity contribution in [3.8, 4) is 5.88 Å². The summed E-state index contributed by atoms with van der Waals surface area (Å²) in [5.41, 5.74) is 0. The van der Waals surface area contributed by atoms with Crippen LogP contribution in [0.1, 0.15) is 38.9 Å². The van der Waals surface area contributed by atoms with Gasteiger partial charge in [0, 0.05) is 12.6 Å². The molecule has 0 aromatic carbocycles. The second kappa shape index (κ2) is 7.16. The monoisotopic (exact) mass is 277 g/mol. The van der Waals surface area contributed by atoms with E-state index in [4.69, 9.17) is 4.74 Å². The zero-order valence-electron chi connectivity index (χ0n) is 11.0. The standard InChI is InChI=1S/C12H18F3N3O/c1-3-5-7-19-10-8-9(16-6-4-2)17-11(18-10)12(13,14)15/h8H,3-7H2,1-2H3,(H,16,17,18). The molecular weight excluding hydrogens is 259 g/mol. The topological polar surface area (TPSA) is 47.0 Å².